The van der Waals surface area contributed by atoms with Gasteiger partial charge in [0, 0.05) is 6.04 Å². The van der Waals surface area contributed by atoms with Gasteiger partial charge in [0.25, 0.3) is 0 Å². The van der Waals surface area contributed by atoms with Crippen LogP contribution in [0.5, 0.6) is 0 Å². The van der Waals surface area contributed by atoms with Crippen LogP contribution in [0.4, 0.5) is 0 Å². The van der Waals surface area contributed by atoms with E-state index in [1.165, 1.54) is 0 Å². The van der Waals surface area contributed by atoms with E-state index in [2.05, 4.69) is 18.7 Å². The molecule has 13 heavy (non-hydrogen) atoms. The Bertz CT molecular complexity index is 155. The highest BCUT2D eigenvalue weighted by Crippen LogP contribution is 2.11. The molecule has 3 nitrogen and oxygen atoms in total. The summed E-state index contributed by atoms with van der Waals surface area (Å²) in [7, 11) is 1.98. The van der Waals surface area contributed by atoms with E-state index in [1.54, 1.807) is 0 Å². The lowest BCUT2D eigenvalue weighted by Gasteiger charge is -2.31. The Morgan fingerprint density at radius 3 is 1.92 bits per heavy atom. The van der Waals surface area contributed by atoms with E-state index in [0.717, 1.165) is 19.3 Å². The number of hydrogen-bond donors (Lipinski definition) is 1. The van der Waals surface area contributed by atoms with Crippen LogP contribution in [0.1, 0.15) is 40.0 Å². The second kappa shape index (κ2) is 5.97. The van der Waals surface area contributed by atoms with Gasteiger partial charge in [0.1, 0.15) is 0 Å². The summed E-state index contributed by atoms with van der Waals surface area (Å²) in [6.45, 7) is 6.27. The van der Waals surface area contributed by atoms with Crippen molar-refractivity contribution in [3.05, 3.63) is 0 Å². The summed E-state index contributed by atoms with van der Waals surface area (Å²) >= 11 is 0. The second-order valence-corrected chi connectivity index (χ2v) is 3.46. The molecule has 0 saturated carbocycles. The van der Waals surface area contributed by atoms with Gasteiger partial charge in [0.2, 0.25) is 5.91 Å². The Morgan fingerprint density at radius 2 is 1.69 bits per heavy atom. The van der Waals surface area contributed by atoms with E-state index >= 15 is 0 Å². The standard InChI is InChI=1S/C10H22N2O/c1-5-8(6-2)12(4)9(7-3)10(11)13/h8-9H,5-7H2,1-4H3,(H2,11,13). The Kier molecular flexibility index (Phi) is 5.71. The number of rotatable bonds is 6. The Labute approximate surface area is 81.3 Å². The molecule has 2 N–H and O–H groups in total. The third-order valence-corrected chi connectivity index (χ3v) is 2.73. The molecule has 0 aromatic heterocycles. The fourth-order valence-electron chi connectivity index (χ4n) is 1.81. The quantitative estimate of drug-likeness (QED) is 0.681. The number of nitrogens with two attached hydrogens (primary N) is 1. The van der Waals surface area contributed by atoms with Gasteiger partial charge in [0.15, 0.2) is 0 Å². The topological polar surface area (TPSA) is 46.3 Å². The maximum absolute atomic E-state index is 11.1. The Hall–Kier alpha value is -0.570. The van der Waals surface area contributed by atoms with Crippen molar-refractivity contribution in [1.82, 2.24) is 4.90 Å². The predicted octanol–water partition coefficient (Wildman–Crippen LogP) is 1.37. The van der Waals surface area contributed by atoms with Crippen LogP contribution < -0.4 is 5.73 Å². The smallest absolute Gasteiger partial charge is 0.234 e. The first-order valence-corrected chi connectivity index (χ1v) is 5.09. The van der Waals surface area contributed by atoms with Crippen LogP contribution in [0.15, 0.2) is 0 Å². The van der Waals surface area contributed by atoms with E-state index in [9.17, 15) is 4.79 Å². The van der Waals surface area contributed by atoms with Crippen molar-refractivity contribution in [1.29, 1.82) is 0 Å². The molecule has 0 spiro atoms. The first-order valence-electron chi connectivity index (χ1n) is 5.09. The van der Waals surface area contributed by atoms with Crippen molar-refractivity contribution in [3.8, 4) is 0 Å². The minimum Gasteiger partial charge on any atom is -0.368 e. The number of amides is 1. The summed E-state index contributed by atoms with van der Waals surface area (Å²) in [5, 5.41) is 0. The van der Waals surface area contributed by atoms with Gasteiger partial charge < -0.3 is 5.73 Å². The molecule has 0 bridgehead atoms. The van der Waals surface area contributed by atoms with Gasteiger partial charge in [-0.1, -0.05) is 20.8 Å². The molecule has 0 heterocycles. The molecule has 0 aliphatic carbocycles. The van der Waals surface area contributed by atoms with E-state index in [-0.39, 0.29) is 11.9 Å². The van der Waals surface area contributed by atoms with Gasteiger partial charge in [-0.25, -0.2) is 0 Å². The number of nitrogens with zero attached hydrogens (tertiary/aromatic N) is 1. The third kappa shape index (κ3) is 3.35. The molecule has 0 fully saturated rings. The third-order valence-electron chi connectivity index (χ3n) is 2.73. The van der Waals surface area contributed by atoms with Gasteiger partial charge >= 0.3 is 0 Å². The summed E-state index contributed by atoms with van der Waals surface area (Å²) in [5.74, 6) is -0.211. The lowest BCUT2D eigenvalue weighted by atomic mass is 10.1. The van der Waals surface area contributed by atoms with Crippen molar-refractivity contribution >= 4 is 5.91 Å². The molecule has 3 heteroatoms. The number of carbonyl (C=O) groups excluding carboxylic acids is 1. The van der Waals surface area contributed by atoms with Crippen LogP contribution in [0.2, 0.25) is 0 Å². The molecule has 0 aliphatic heterocycles. The molecule has 0 rings (SSSR count). The lowest BCUT2D eigenvalue weighted by molar-refractivity contribution is -0.123. The fraction of sp³-hybridized carbons (Fsp3) is 0.900. The summed E-state index contributed by atoms with van der Waals surface area (Å²) < 4.78 is 0. The molecule has 0 radical (unpaired) electrons. The first kappa shape index (κ1) is 12.4. The van der Waals surface area contributed by atoms with E-state index in [0.29, 0.717) is 6.04 Å². The molecular formula is C10H22N2O. The highest BCUT2D eigenvalue weighted by atomic mass is 16.1. The summed E-state index contributed by atoms with van der Waals surface area (Å²) in [4.78, 5) is 13.2. The van der Waals surface area contributed by atoms with Crippen LogP contribution in [0.3, 0.4) is 0 Å². The number of hydrogen-bond acceptors (Lipinski definition) is 2. The van der Waals surface area contributed by atoms with Crippen molar-refractivity contribution < 1.29 is 4.79 Å². The zero-order valence-electron chi connectivity index (χ0n) is 9.21. The fourth-order valence-corrected chi connectivity index (χ4v) is 1.81. The molecule has 0 aliphatic rings. The zero-order chi connectivity index (χ0) is 10.4. The molecule has 1 unspecified atom stereocenters. The minimum atomic E-state index is -0.211. The maximum atomic E-state index is 11.1. The predicted molar refractivity (Wildman–Crippen MR) is 55.4 cm³/mol. The van der Waals surface area contributed by atoms with Crippen molar-refractivity contribution in [2.75, 3.05) is 7.05 Å². The van der Waals surface area contributed by atoms with Crippen LogP contribution in [-0.2, 0) is 4.79 Å². The number of primary amides is 1. The van der Waals surface area contributed by atoms with Gasteiger partial charge in [-0.3, -0.25) is 9.69 Å². The van der Waals surface area contributed by atoms with Crippen LogP contribution in [-0.4, -0.2) is 29.9 Å². The molecule has 0 aromatic carbocycles. The summed E-state index contributed by atoms with van der Waals surface area (Å²) in [5.41, 5.74) is 5.31. The summed E-state index contributed by atoms with van der Waals surface area (Å²) in [6.07, 6.45) is 2.93. The van der Waals surface area contributed by atoms with Gasteiger partial charge in [0.05, 0.1) is 6.04 Å². The van der Waals surface area contributed by atoms with Crippen molar-refractivity contribution in [3.63, 3.8) is 0 Å². The van der Waals surface area contributed by atoms with Gasteiger partial charge in [-0.05, 0) is 26.3 Å². The minimum absolute atomic E-state index is 0.107. The second-order valence-electron chi connectivity index (χ2n) is 3.46. The average Bonchev–Trinajstić information content (AvgIpc) is 2.07. The van der Waals surface area contributed by atoms with Crippen LogP contribution in [0, 0.1) is 0 Å². The van der Waals surface area contributed by atoms with E-state index in [4.69, 9.17) is 5.73 Å². The van der Waals surface area contributed by atoms with Gasteiger partial charge in [-0.15, -0.1) is 0 Å². The van der Waals surface area contributed by atoms with Gasteiger partial charge in [-0.2, -0.15) is 0 Å². The maximum Gasteiger partial charge on any atom is 0.234 e. The molecule has 0 saturated heterocycles. The van der Waals surface area contributed by atoms with Crippen molar-refractivity contribution in [2.24, 2.45) is 5.73 Å². The lowest BCUT2D eigenvalue weighted by Crippen LogP contribution is -2.46. The Balaban J connectivity index is 4.33. The molecule has 1 amide bonds. The number of likely N-dealkylation sites (N-methyl/N-ethyl adjacent to an activating group) is 1. The zero-order valence-corrected chi connectivity index (χ0v) is 9.21. The highest BCUT2D eigenvalue weighted by molar-refractivity contribution is 5.79. The van der Waals surface area contributed by atoms with E-state index in [1.807, 2.05) is 14.0 Å². The van der Waals surface area contributed by atoms with Crippen LogP contribution in [0.25, 0.3) is 0 Å². The summed E-state index contributed by atoms with van der Waals surface area (Å²) in [6, 6.07) is 0.363. The molecular weight excluding hydrogens is 164 g/mol. The SMILES string of the molecule is CCC(CC)N(C)C(CC)C(N)=O. The monoisotopic (exact) mass is 186 g/mol. The van der Waals surface area contributed by atoms with E-state index < -0.39 is 0 Å². The van der Waals surface area contributed by atoms with Crippen molar-refractivity contribution in [2.45, 2.75) is 52.1 Å². The first-order chi connectivity index (χ1) is 6.08. The Morgan fingerprint density at radius 1 is 1.23 bits per heavy atom. The number of carbonyl (C=O) groups is 1. The molecule has 1 atom stereocenters. The highest BCUT2D eigenvalue weighted by Gasteiger charge is 2.22. The average molecular weight is 186 g/mol. The largest absolute Gasteiger partial charge is 0.368 e. The normalized spacial score (nSPS) is 13.7. The molecule has 78 valence electrons. The van der Waals surface area contributed by atoms with Crippen LogP contribution >= 0.6 is 0 Å². The molecule has 0 aromatic rings.